The zero-order chi connectivity index (χ0) is 15.3. The van der Waals surface area contributed by atoms with Gasteiger partial charge in [-0.15, -0.1) is 0 Å². The largest absolute Gasteiger partial charge is 0.496 e. The fourth-order valence-electron chi connectivity index (χ4n) is 1.74. The molecule has 0 amide bonds. The van der Waals surface area contributed by atoms with E-state index < -0.39 is 16.8 Å². The summed E-state index contributed by atoms with van der Waals surface area (Å²) in [6, 6.07) is 4.25. The van der Waals surface area contributed by atoms with E-state index in [1.807, 2.05) is 13.8 Å². The van der Waals surface area contributed by atoms with Crippen LogP contribution in [-0.2, 0) is 4.79 Å². The number of carbonyl (C=O) groups is 1. The minimum atomic E-state index is -0.898. The second-order valence-electron chi connectivity index (χ2n) is 4.75. The van der Waals surface area contributed by atoms with Gasteiger partial charge in [-0.25, -0.2) is 0 Å². The van der Waals surface area contributed by atoms with E-state index in [1.165, 1.54) is 19.2 Å². The second-order valence-corrected chi connectivity index (χ2v) is 4.75. The van der Waals surface area contributed by atoms with Gasteiger partial charge >= 0.3 is 5.97 Å². The molecule has 7 heteroatoms. The number of nitro benzene ring substituents is 1. The van der Waals surface area contributed by atoms with Gasteiger partial charge < -0.3 is 15.2 Å². The normalized spacial score (nSPS) is 12.0. The van der Waals surface area contributed by atoms with Crippen LogP contribution in [0, 0.1) is 22.0 Å². The first kappa shape index (κ1) is 15.7. The van der Waals surface area contributed by atoms with Gasteiger partial charge in [0.1, 0.15) is 5.75 Å². The van der Waals surface area contributed by atoms with Crippen LogP contribution < -0.4 is 10.1 Å². The molecule has 1 rings (SSSR count). The first-order valence-corrected chi connectivity index (χ1v) is 6.15. The minimum Gasteiger partial charge on any atom is -0.496 e. The molecule has 0 spiro atoms. The SMILES string of the molecule is COc1cc(NCC(C(=O)O)C(C)C)cc([N+](=O)[O-])c1. The highest BCUT2D eigenvalue weighted by Gasteiger charge is 2.21. The first-order valence-electron chi connectivity index (χ1n) is 6.15. The smallest absolute Gasteiger partial charge is 0.308 e. The third kappa shape index (κ3) is 4.11. The van der Waals surface area contributed by atoms with Gasteiger partial charge in [0.15, 0.2) is 0 Å². The van der Waals surface area contributed by atoms with Crippen molar-refractivity contribution in [3.63, 3.8) is 0 Å². The topological polar surface area (TPSA) is 102 Å². The first-order chi connectivity index (χ1) is 9.35. The van der Waals surface area contributed by atoms with Crippen molar-refractivity contribution < 1.29 is 19.6 Å². The van der Waals surface area contributed by atoms with Crippen LogP contribution in [0.1, 0.15) is 13.8 Å². The van der Waals surface area contributed by atoms with E-state index >= 15 is 0 Å². The highest BCUT2D eigenvalue weighted by atomic mass is 16.6. The summed E-state index contributed by atoms with van der Waals surface area (Å²) >= 11 is 0. The van der Waals surface area contributed by atoms with Gasteiger partial charge in [0.05, 0.1) is 24.0 Å². The lowest BCUT2D eigenvalue weighted by molar-refractivity contribution is -0.384. The van der Waals surface area contributed by atoms with Crippen molar-refractivity contribution >= 4 is 17.3 Å². The van der Waals surface area contributed by atoms with Crippen LogP contribution in [0.25, 0.3) is 0 Å². The van der Waals surface area contributed by atoms with Crippen molar-refractivity contribution in [2.75, 3.05) is 19.0 Å². The third-order valence-electron chi connectivity index (χ3n) is 2.99. The summed E-state index contributed by atoms with van der Waals surface area (Å²) in [7, 11) is 1.41. The molecule has 1 atom stereocenters. The molecule has 0 saturated carbocycles. The average Bonchev–Trinajstić information content (AvgIpc) is 2.37. The third-order valence-corrected chi connectivity index (χ3v) is 2.99. The summed E-state index contributed by atoms with van der Waals surface area (Å²) in [6.07, 6.45) is 0. The van der Waals surface area contributed by atoms with Gasteiger partial charge in [0, 0.05) is 24.4 Å². The molecule has 0 aliphatic rings. The van der Waals surface area contributed by atoms with E-state index in [0.717, 1.165) is 0 Å². The number of ether oxygens (including phenoxy) is 1. The van der Waals surface area contributed by atoms with Crippen molar-refractivity contribution in [1.82, 2.24) is 0 Å². The number of aliphatic carboxylic acids is 1. The Bertz CT molecular complexity index is 502. The van der Waals surface area contributed by atoms with E-state index in [4.69, 9.17) is 9.84 Å². The second kappa shape index (κ2) is 6.74. The van der Waals surface area contributed by atoms with Crippen LogP contribution in [0.15, 0.2) is 18.2 Å². The molecule has 0 aliphatic carbocycles. The number of carboxylic acids is 1. The lowest BCUT2D eigenvalue weighted by atomic mass is 9.96. The van der Waals surface area contributed by atoms with Crippen LogP contribution in [-0.4, -0.2) is 29.7 Å². The molecule has 0 bridgehead atoms. The Morgan fingerprint density at radius 2 is 2.10 bits per heavy atom. The molecule has 20 heavy (non-hydrogen) atoms. The summed E-state index contributed by atoms with van der Waals surface area (Å²) < 4.78 is 4.99. The highest BCUT2D eigenvalue weighted by molar-refractivity contribution is 5.71. The Morgan fingerprint density at radius 3 is 2.55 bits per heavy atom. The predicted octanol–water partition coefficient (Wildman–Crippen LogP) is 2.37. The molecule has 0 saturated heterocycles. The number of anilines is 1. The van der Waals surface area contributed by atoms with E-state index in [0.29, 0.717) is 11.4 Å². The van der Waals surface area contributed by atoms with Crippen LogP contribution in [0.2, 0.25) is 0 Å². The van der Waals surface area contributed by atoms with Crippen LogP contribution in [0.4, 0.5) is 11.4 Å². The maximum atomic E-state index is 11.1. The zero-order valence-electron chi connectivity index (χ0n) is 11.6. The van der Waals surface area contributed by atoms with E-state index in [1.54, 1.807) is 6.07 Å². The molecule has 110 valence electrons. The Hall–Kier alpha value is -2.31. The molecule has 1 aromatic rings. The lowest BCUT2D eigenvalue weighted by Crippen LogP contribution is -2.27. The van der Waals surface area contributed by atoms with E-state index in [9.17, 15) is 14.9 Å². The van der Waals surface area contributed by atoms with Gasteiger partial charge in [-0.2, -0.15) is 0 Å². The molecule has 7 nitrogen and oxygen atoms in total. The summed E-state index contributed by atoms with van der Waals surface area (Å²) in [5, 5.41) is 22.8. The van der Waals surface area contributed by atoms with Gasteiger partial charge in [-0.1, -0.05) is 13.8 Å². The quantitative estimate of drug-likeness (QED) is 0.588. The fraction of sp³-hybridized carbons (Fsp3) is 0.462. The molecule has 0 heterocycles. The molecular weight excluding hydrogens is 264 g/mol. The van der Waals surface area contributed by atoms with Gasteiger partial charge in [-0.3, -0.25) is 14.9 Å². The van der Waals surface area contributed by atoms with Gasteiger partial charge in [0.2, 0.25) is 0 Å². The van der Waals surface area contributed by atoms with Crippen molar-refractivity contribution in [1.29, 1.82) is 0 Å². The summed E-state index contributed by atoms with van der Waals surface area (Å²) in [6.45, 7) is 3.82. The predicted molar refractivity (Wildman–Crippen MR) is 74.1 cm³/mol. The molecule has 0 aliphatic heterocycles. The number of rotatable bonds is 7. The summed E-state index contributed by atoms with van der Waals surface area (Å²) in [5.41, 5.74) is 0.353. The Kier molecular flexibility index (Phi) is 5.31. The lowest BCUT2D eigenvalue weighted by Gasteiger charge is -2.17. The molecule has 2 N–H and O–H groups in total. The number of hydrogen-bond donors (Lipinski definition) is 2. The molecule has 0 fully saturated rings. The van der Waals surface area contributed by atoms with E-state index in [-0.39, 0.29) is 18.2 Å². The van der Waals surface area contributed by atoms with Crippen molar-refractivity contribution in [2.45, 2.75) is 13.8 Å². The minimum absolute atomic E-state index is 0.0411. The number of nitrogens with zero attached hydrogens (tertiary/aromatic N) is 1. The Morgan fingerprint density at radius 1 is 1.45 bits per heavy atom. The number of nitrogens with one attached hydrogen (secondary N) is 1. The van der Waals surface area contributed by atoms with Crippen molar-refractivity contribution in [3.05, 3.63) is 28.3 Å². The molecule has 0 radical (unpaired) electrons. The van der Waals surface area contributed by atoms with Crippen molar-refractivity contribution in [3.8, 4) is 5.75 Å². The van der Waals surface area contributed by atoms with Gasteiger partial charge in [-0.05, 0) is 5.92 Å². The maximum absolute atomic E-state index is 11.1. The van der Waals surface area contributed by atoms with Crippen LogP contribution in [0.3, 0.4) is 0 Å². The summed E-state index contributed by atoms with van der Waals surface area (Å²) in [4.78, 5) is 21.4. The van der Waals surface area contributed by atoms with Gasteiger partial charge in [0.25, 0.3) is 5.69 Å². The maximum Gasteiger partial charge on any atom is 0.308 e. The van der Waals surface area contributed by atoms with E-state index in [2.05, 4.69) is 5.32 Å². The highest BCUT2D eigenvalue weighted by Crippen LogP contribution is 2.26. The number of benzene rings is 1. The van der Waals surface area contributed by atoms with Crippen LogP contribution >= 0.6 is 0 Å². The number of carboxylic acid groups (broad SMARTS) is 1. The molecule has 1 aromatic carbocycles. The van der Waals surface area contributed by atoms with Crippen molar-refractivity contribution in [2.24, 2.45) is 11.8 Å². The zero-order valence-corrected chi connectivity index (χ0v) is 11.6. The number of methoxy groups -OCH3 is 1. The summed E-state index contributed by atoms with van der Waals surface area (Å²) in [5.74, 6) is -1.16. The number of nitro groups is 1. The monoisotopic (exact) mass is 282 g/mol. The molecule has 1 unspecified atom stereocenters. The number of non-ortho nitro benzene ring substituents is 1. The Balaban J connectivity index is 2.89. The Labute approximate surface area is 116 Å². The fourth-order valence-corrected chi connectivity index (χ4v) is 1.74. The number of hydrogen-bond acceptors (Lipinski definition) is 5. The molecule has 0 aromatic heterocycles. The van der Waals surface area contributed by atoms with Crippen LogP contribution in [0.5, 0.6) is 5.75 Å². The molecular formula is C13H18N2O5. The standard InChI is InChI=1S/C13H18N2O5/c1-8(2)12(13(16)17)7-14-9-4-10(15(18)19)6-11(5-9)20-3/h4-6,8,12,14H,7H2,1-3H3,(H,16,17). The average molecular weight is 282 g/mol.